The van der Waals surface area contributed by atoms with Crippen molar-refractivity contribution >= 4 is 28.2 Å². The number of carboxylic acids is 1. The van der Waals surface area contributed by atoms with Crippen LogP contribution in [0.2, 0.25) is 0 Å². The van der Waals surface area contributed by atoms with Crippen molar-refractivity contribution in [2.45, 2.75) is 0 Å². The number of carboxylic acid groups (broad SMARTS) is 1. The zero-order valence-corrected chi connectivity index (χ0v) is 16.0. The summed E-state index contributed by atoms with van der Waals surface area (Å²) in [5.74, 6) is -1.04. The molecule has 0 spiro atoms. The summed E-state index contributed by atoms with van der Waals surface area (Å²) in [6.07, 6.45) is 0. The average molecular weight is 397 g/mol. The maximum absolute atomic E-state index is 11.2. The highest BCUT2D eigenvalue weighted by molar-refractivity contribution is 7.12. The van der Waals surface area contributed by atoms with Crippen LogP contribution in [-0.4, -0.2) is 25.8 Å². The lowest BCUT2D eigenvalue weighted by Crippen LogP contribution is -2.00. The van der Waals surface area contributed by atoms with Crippen LogP contribution in [0.25, 0.3) is 38.4 Å². The first-order chi connectivity index (χ1) is 14.2. The molecule has 29 heavy (non-hydrogen) atoms. The minimum Gasteiger partial charge on any atom is -0.476 e. The molecule has 5 nitrogen and oxygen atoms in total. The lowest BCUT2D eigenvalue weighted by molar-refractivity contribution is 0.0691. The second-order valence-electron chi connectivity index (χ2n) is 6.54. The molecule has 0 unspecified atom stereocenters. The fourth-order valence-corrected chi connectivity index (χ4v) is 4.12. The Labute approximate surface area is 170 Å². The van der Waals surface area contributed by atoms with Gasteiger partial charge in [-0.3, -0.25) is 0 Å². The Morgan fingerprint density at radius 2 is 1.59 bits per heavy atom. The first kappa shape index (κ1) is 17.3. The van der Waals surface area contributed by atoms with Crippen molar-refractivity contribution in [2.75, 3.05) is 0 Å². The Hall–Kier alpha value is -3.77. The average Bonchev–Trinajstić information content (AvgIpc) is 3.40. The van der Waals surface area contributed by atoms with E-state index in [1.807, 2.05) is 54.6 Å². The van der Waals surface area contributed by atoms with Gasteiger partial charge in [0.05, 0.1) is 5.52 Å². The molecule has 0 aliphatic rings. The van der Waals surface area contributed by atoms with Crippen LogP contribution in [-0.2, 0) is 0 Å². The number of aromatic nitrogens is 3. The summed E-state index contributed by atoms with van der Waals surface area (Å²) in [5, 5.41) is 17.1. The molecule has 0 radical (unpaired) electrons. The molecule has 0 fully saturated rings. The lowest BCUT2D eigenvalue weighted by atomic mass is 10.0. The monoisotopic (exact) mass is 397 g/mol. The van der Waals surface area contributed by atoms with Gasteiger partial charge < -0.3 is 5.11 Å². The topological polar surface area (TPSA) is 68.0 Å². The van der Waals surface area contributed by atoms with Gasteiger partial charge in [-0.25, -0.2) is 14.5 Å². The fraction of sp³-hybridized carbons (Fsp3) is 0. The van der Waals surface area contributed by atoms with E-state index in [4.69, 9.17) is 5.10 Å². The molecule has 140 valence electrons. The number of nitrogens with zero attached hydrogens (tertiary/aromatic N) is 3. The van der Waals surface area contributed by atoms with Gasteiger partial charge >= 0.3 is 5.97 Å². The zero-order chi connectivity index (χ0) is 19.8. The van der Waals surface area contributed by atoms with E-state index in [0.29, 0.717) is 5.13 Å². The number of fused-ring (bicyclic) bond motifs is 1. The molecular formula is C23H15N3O2S. The molecule has 0 amide bonds. The molecule has 2 aromatic heterocycles. The van der Waals surface area contributed by atoms with Gasteiger partial charge in [0.15, 0.2) is 5.69 Å². The number of hydrogen-bond acceptors (Lipinski definition) is 4. The summed E-state index contributed by atoms with van der Waals surface area (Å²) >= 11 is 1.26. The number of carbonyl (C=O) groups is 1. The fourth-order valence-electron chi connectivity index (χ4n) is 3.36. The van der Waals surface area contributed by atoms with Crippen LogP contribution in [0.3, 0.4) is 0 Å². The Bertz CT molecular complexity index is 1340. The van der Waals surface area contributed by atoms with Crippen LogP contribution in [0.4, 0.5) is 0 Å². The molecule has 0 saturated carbocycles. The van der Waals surface area contributed by atoms with Crippen molar-refractivity contribution in [1.82, 2.24) is 14.8 Å². The van der Waals surface area contributed by atoms with E-state index in [0.717, 1.165) is 33.3 Å². The molecule has 3 aromatic carbocycles. The number of rotatable bonds is 4. The van der Waals surface area contributed by atoms with E-state index in [1.165, 1.54) is 16.7 Å². The van der Waals surface area contributed by atoms with Crippen molar-refractivity contribution in [2.24, 2.45) is 0 Å². The second kappa shape index (κ2) is 7.00. The first-order valence-electron chi connectivity index (χ1n) is 9.03. The Balaban J connectivity index is 1.68. The van der Waals surface area contributed by atoms with E-state index >= 15 is 0 Å². The number of thiazole rings is 1. The normalized spacial score (nSPS) is 11.0. The molecule has 0 aliphatic carbocycles. The molecule has 5 aromatic rings. The molecule has 0 saturated heterocycles. The zero-order valence-electron chi connectivity index (χ0n) is 15.2. The minimum absolute atomic E-state index is 0.0252. The van der Waals surface area contributed by atoms with E-state index in [1.54, 1.807) is 4.68 Å². The van der Waals surface area contributed by atoms with Crippen LogP contribution in [0.1, 0.15) is 10.5 Å². The predicted octanol–water partition coefficient (Wildman–Crippen LogP) is 5.51. The summed E-state index contributed by atoms with van der Waals surface area (Å²) in [6, 6.07) is 26.4. The Morgan fingerprint density at radius 1 is 0.862 bits per heavy atom. The largest absolute Gasteiger partial charge is 0.476 e. The molecule has 0 bridgehead atoms. The molecule has 2 heterocycles. The van der Waals surface area contributed by atoms with Crippen LogP contribution < -0.4 is 0 Å². The van der Waals surface area contributed by atoms with E-state index in [9.17, 15) is 9.90 Å². The third-order valence-corrected chi connectivity index (χ3v) is 5.54. The molecule has 1 N–H and O–H groups in total. The van der Waals surface area contributed by atoms with E-state index in [-0.39, 0.29) is 5.69 Å². The summed E-state index contributed by atoms with van der Waals surface area (Å²) in [4.78, 5) is 15.4. The third-order valence-electron chi connectivity index (χ3n) is 4.72. The summed E-state index contributed by atoms with van der Waals surface area (Å²) in [6.45, 7) is 0. The Kier molecular flexibility index (Phi) is 4.18. The van der Waals surface area contributed by atoms with Crippen molar-refractivity contribution in [1.29, 1.82) is 0 Å². The molecule has 5 rings (SSSR count). The number of para-hydroxylation sites is 1. The van der Waals surface area contributed by atoms with Crippen LogP contribution in [0.5, 0.6) is 0 Å². The van der Waals surface area contributed by atoms with Gasteiger partial charge in [-0.2, -0.15) is 5.10 Å². The van der Waals surface area contributed by atoms with E-state index in [2.05, 4.69) is 29.2 Å². The minimum atomic E-state index is -1.04. The van der Waals surface area contributed by atoms with Gasteiger partial charge in [0.2, 0.25) is 5.13 Å². The summed E-state index contributed by atoms with van der Waals surface area (Å²) in [7, 11) is 0. The highest BCUT2D eigenvalue weighted by atomic mass is 32.1. The van der Waals surface area contributed by atoms with Gasteiger partial charge in [0, 0.05) is 16.3 Å². The van der Waals surface area contributed by atoms with E-state index < -0.39 is 5.97 Å². The SMILES string of the molecule is O=C(O)c1csc(-n2nc(-c3cccc(-c4ccccc4)c3)c3ccccc32)n1. The number of aromatic carboxylic acids is 1. The first-order valence-corrected chi connectivity index (χ1v) is 9.91. The van der Waals surface area contributed by atoms with Crippen LogP contribution >= 0.6 is 11.3 Å². The molecule has 0 atom stereocenters. The number of hydrogen-bond donors (Lipinski definition) is 1. The Morgan fingerprint density at radius 3 is 2.38 bits per heavy atom. The summed E-state index contributed by atoms with van der Waals surface area (Å²) in [5.41, 5.74) is 5.01. The van der Waals surface area contributed by atoms with Gasteiger partial charge in [-0.15, -0.1) is 11.3 Å². The van der Waals surface area contributed by atoms with Crippen molar-refractivity contribution < 1.29 is 9.90 Å². The van der Waals surface area contributed by atoms with Gasteiger partial charge in [0.1, 0.15) is 5.69 Å². The third kappa shape index (κ3) is 3.09. The maximum atomic E-state index is 11.2. The maximum Gasteiger partial charge on any atom is 0.355 e. The lowest BCUT2D eigenvalue weighted by Gasteiger charge is -2.04. The van der Waals surface area contributed by atoms with Gasteiger partial charge in [0.25, 0.3) is 0 Å². The molecule has 0 aliphatic heterocycles. The number of benzene rings is 3. The highest BCUT2D eigenvalue weighted by Crippen LogP contribution is 2.32. The molecular weight excluding hydrogens is 382 g/mol. The van der Waals surface area contributed by atoms with Gasteiger partial charge in [-0.1, -0.05) is 66.7 Å². The van der Waals surface area contributed by atoms with Crippen LogP contribution in [0, 0.1) is 0 Å². The van der Waals surface area contributed by atoms with Crippen molar-refractivity contribution in [3.63, 3.8) is 0 Å². The van der Waals surface area contributed by atoms with Crippen LogP contribution in [0.15, 0.2) is 84.2 Å². The molecule has 6 heteroatoms. The van der Waals surface area contributed by atoms with Crippen molar-refractivity contribution in [3.8, 4) is 27.5 Å². The standard InChI is InChI=1S/C23H15N3O2S/c27-22(28)19-14-29-23(24-19)26-20-12-5-4-11-18(20)21(25-26)17-10-6-9-16(13-17)15-7-2-1-3-8-15/h1-14H,(H,27,28). The second-order valence-corrected chi connectivity index (χ2v) is 7.38. The predicted molar refractivity (Wildman–Crippen MR) is 115 cm³/mol. The smallest absolute Gasteiger partial charge is 0.355 e. The van der Waals surface area contributed by atoms with Crippen molar-refractivity contribution in [3.05, 3.63) is 89.9 Å². The quantitative estimate of drug-likeness (QED) is 0.434. The highest BCUT2D eigenvalue weighted by Gasteiger charge is 2.17. The summed E-state index contributed by atoms with van der Waals surface area (Å²) < 4.78 is 1.72. The van der Waals surface area contributed by atoms with Gasteiger partial charge in [-0.05, 0) is 23.3 Å².